The Balaban J connectivity index is 1.96. The minimum Gasteiger partial charge on any atom is -0.380 e. The first kappa shape index (κ1) is 15.3. The first-order valence-electron chi connectivity index (χ1n) is 8.22. The zero-order chi connectivity index (χ0) is 13.7. The summed E-state index contributed by atoms with van der Waals surface area (Å²) in [5.74, 6) is 0.947. The van der Waals surface area contributed by atoms with Gasteiger partial charge in [-0.2, -0.15) is 0 Å². The second-order valence-corrected chi connectivity index (χ2v) is 6.43. The number of rotatable bonds is 5. The molecule has 2 fully saturated rings. The Morgan fingerprint density at radius 1 is 1.26 bits per heavy atom. The quantitative estimate of drug-likeness (QED) is 0.829. The Hall–Kier alpha value is -0.120. The summed E-state index contributed by atoms with van der Waals surface area (Å²) in [7, 11) is 4.00. The number of likely N-dealkylation sites (N-methyl/N-ethyl adjacent to an activating group) is 1. The van der Waals surface area contributed by atoms with Crippen molar-refractivity contribution in [3.05, 3.63) is 0 Å². The number of nitrogens with one attached hydrogen (secondary N) is 1. The monoisotopic (exact) mass is 268 g/mol. The second-order valence-electron chi connectivity index (χ2n) is 6.43. The van der Waals surface area contributed by atoms with Gasteiger partial charge in [0.2, 0.25) is 0 Å². The molecule has 1 saturated carbocycles. The molecule has 0 bridgehead atoms. The fourth-order valence-corrected chi connectivity index (χ4v) is 4.10. The van der Waals surface area contributed by atoms with Gasteiger partial charge in [0.15, 0.2) is 0 Å². The van der Waals surface area contributed by atoms with E-state index in [1.54, 1.807) is 0 Å². The van der Waals surface area contributed by atoms with E-state index in [1.807, 2.05) is 7.11 Å². The van der Waals surface area contributed by atoms with Crippen molar-refractivity contribution in [2.75, 3.05) is 27.2 Å². The van der Waals surface area contributed by atoms with Crippen LogP contribution in [-0.4, -0.2) is 50.3 Å². The molecular weight excluding hydrogens is 236 g/mol. The van der Waals surface area contributed by atoms with Crippen LogP contribution in [0.2, 0.25) is 0 Å². The molecule has 0 radical (unpaired) electrons. The maximum atomic E-state index is 5.59. The molecular formula is C16H32N2O. The van der Waals surface area contributed by atoms with Crippen LogP contribution in [0.15, 0.2) is 0 Å². The molecule has 4 atom stereocenters. The van der Waals surface area contributed by atoms with Gasteiger partial charge in [0, 0.05) is 25.7 Å². The lowest BCUT2D eigenvalue weighted by Gasteiger charge is -2.45. The lowest BCUT2D eigenvalue weighted by atomic mass is 9.79. The molecule has 112 valence electrons. The van der Waals surface area contributed by atoms with Crippen LogP contribution in [0.3, 0.4) is 0 Å². The Kier molecular flexibility index (Phi) is 6.11. The highest BCUT2D eigenvalue weighted by Gasteiger charge is 2.35. The lowest BCUT2D eigenvalue weighted by Crippen LogP contribution is -2.55. The average Bonchev–Trinajstić information content (AvgIpc) is 2.47. The van der Waals surface area contributed by atoms with E-state index in [0.29, 0.717) is 12.1 Å². The molecule has 1 saturated heterocycles. The summed E-state index contributed by atoms with van der Waals surface area (Å²) < 4.78 is 5.59. The summed E-state index contributed by atoms with van der Waals surface area (Å²) >= 11 is 0. The van der Waals surface area contributed by atoms with E-state index >= 15 is 0 Å². The summed E-state index contributed by atoms with van der Waals surface area (Å²) in [4.78, 5) is 2.71. The third-order valence-electron chi connectivity index (χ3n) is 5.20. The number of piperidine rings is 1. The highest BCUT2D eigenvalue weighted by molar-refractivity contribution is 4.92. The molecule has 4 unspecified atom stereocenters. The Morgan fingerprint density at radius 2 is 2.11 bits per heavy atom. The molecule has 0 spiro atoms. The second kappa shape index (κ2) is 7.61. The number of hydrogen-bond acceptors (Lipinski definition) is 3. The molecule has 2 aliphatic rings. The van der Waals surface area contributed by atoms with Crippen LogP contribution in [0.25, 0.3) is 0 Å². The van der Waals surface area contributed by atoms with Crippen molar-refractivity contribution in [3.63, 3.8) is 0 Å². The predicted molar refractivity (Wildman–Crippen MR) is 80.5 cm³/mol. The molecule has 0 aromatic rings. The van der Waals surface area contributed by atoms with Crippen LogP contribution in [-0.2, 0) is 4.74 Å². The van der Waals surface area contributed by atoms with Gasteiger partial charge in [-0.15, -0.1) is 0 Å². The van der Waals surface area contributed by atoms with Gasteiger partial charge in [-0.1, -0.05) is 19.8 Å². The highest BCUT2D eigenvalue weighted by atomic mass is 16.5. The van der Waals surface area contributed by atoms with Crippen LogP contribution in [0.4, 0.5) is 0 Å². The van der Waals surface area contributed by atoms with E-state index in [-0.39, 0.29) is 0 Å². The van der Waals surface area contributed by atoms with Gasteiger partial charge in [-0.3, -0.25) is 4.90 Å². The van der Waals surface area contributed by atoms with E-state index in [9.17, 15) is 0 Å². The lowest BCUT2D eigenvalue weighted by molar-refractivity contribution is -0.00562. The minimum atomic E-state index is 0.456. The summed E-state index contributed by atoms with van der Waals surface area (Å²) in [5.41, 5.74) is 0. The summed E-state index contributed by atoms with van der Waals surface area (Å²) in [6.07, 6.45) is 9.88. The van der Waals surface area contributed by atoms with E-state index in [1.165, 1.54) is 51.5 Å². The Morgan fingerprint density at radius 3 is 2.79 bits per heavy atom. The fraction of sp³-hybridized carbons (Fsp3) is 1.00. The summed E-state index contributed by atoms with van der Waals surface area (Å²) in [6, 6.07) is 1.41. The molecule has 1 N–H and O–H groups in total. The van der Waals surface area contributed by atoms with Crippen LogP contribution in [0, 0.1) is 5.92 Å². The van der Waals surface area contributed by atoms with Crippen molar-refractivity contribution in [2.24, 2.45) is 5.92 Å². The largest absolute Gasteiger partial charge is 0.380 e. The SMILES string of the molecule is CCCC1CCC(NC)C(N2CCCC(OC)C2)C1. The summed E-state index contributed by atoms with van der Waals surface area (Å²) in [5, 5.41) is 3.56. The maximum absolute atomic E-state index is 5.59. The molecule has 0 aromatic heterocycles. The number of nitrogens with zero attached hydrogens (tertiary/aromatic N) is 1. The minimum absolute atomic E-state index is 0.456. The molecule has 0 aromatic carbocycles. The molecule has 1 heterocycles. The van der Waals surface area contributed by atoms with Crippen molar-refractivity contribution in [1.82, 2.24) is 10.2 Å². The standard InChI is InChI=1S/C16H32N2O/c1-4-6-13-8-9-15(17-2)16(11-13)18-10-5-7-14(12-18)19-3/h13-17H,4-12H2,1-3H3. The molecule has 0 amide bonds. The topological polar surface area (TPSA) is 24.5 Å². The molecule has 1 aliphatic heterocycles. The van der Waals surface area contributed by atoms with E-state index in [2.05, 4.69) is 24.2 Å². The first-order valence-corrected chi connectivity index (χ1v) is 8.22. The molecule has 19 heavy (non-hydrogen) atoms. The zero-order valence-electron chi connectivity index (χ0n) is 13.0. The molecule has 2 rings (SSSR count). The van der Waals surface area contributed by atoms with Crippen LogP contribution in [0.5, 0.6) is 0 Å². The van der Waals surface area contributed by atoms with E-state index in [4.69, 9.17) is 4.74 Å². The number of likely N-dealkylation sites (tertiary alicyclic amines) is 1. The number of methoxy groups -OCH3 is 1. The van der Waals surface area contributed by atoms with Crippen molar-refractivity contribution < 1.29 is 4.74 Å². The van der Waals surface area contributed by atoms with Crippen molar-refractivity contribution >= 4 is 0 Å². The van der Waals surface area contributed by atoms with Gasteiger partial charge in [-0.25, -0.2) is 0 Å². The third-order valence-corrected chi connectivity index (χ3v) is 5.20. The van der Waals surface area contributed by atoms with Gasteiger partial charge >= 0.3 is 0 Å². The molecule has 3 nitrogen and oxygen atoms in total. The Labute approximate surface area is 119 Å². The first-order chi connectivity index (χ1) is 9.28. The number of ether oxygens (including phenoxy) is 1. The van der Waals surface area contributed by atoms with Gasteiger partial charge < -0.3 is 10.1 Å². The highest BCUT2D eigenvalue weighted by Crippen LogP contribution is 2.32. The van der Waals surface area contributed by atoms with E-state index in [0.717, 1.165) is 18.5 Å². The fourth-order valence-electron chi connectivity index (χ4n) is 4.10. The van der Waals surface area contributed by atoms with Gasteiger partial charge in [0.1, 0.15) is 0 Å². The van der Waals surface area contributed by atoms with Crippen molar-refractivity contribution in [2.45, 2.75) is 70.1 Å². The van der Waals surface area contributed by atoms with E-state index < -0.39 is 0 Å². The van der Waals surface area contributed by atoms with Crippen molar-refractivity contribution in [1.29, 1.82) is 0 Å². The number of hydrogen-bond donors (Lipinski definition) is 1. The average molecular weight is 268 g/mol. The smallest absolute Gasteiger partial charge is 0.0698 e. The predicted octanol–water partition coefficient (Wildman–Crippen LogP) is 2.65. The van der Waals surface area contributed by atoms with Gasteiger partial charge in [0.25, 0.3) is 0 Å². The van der Waals surface area contributed by atoms with Crippen LogP contribution in [0.1, 0.15) is 51.9 Å². The normalized spacial score (nSPS) is 37.4. The van der Waals surface area contributed by atoms with Crippen LogP contribution < -0.4 is 5.32 Å². The van der Waals surface area contributed by atoms with Crippen molar-refractivity contribution in [3.8, 4) is 0 Å². The summed E-state index contributed by atoms with van der Waals surface area (Å²) in [6.45, 7) is 4.72. The third kappa shape index (κ3) is 3.93. The Bertz CT molecular complexity index is 259. The molecule has 3 heteroatoms. The van der Waals surface area contributed by atoms with Gasteiger partial charge in [0.05, 0.1) is 6.10 Å². The molecule has 1 aliphatic carbocycles. The zero-order valence-corrected chi connectivity index (χ0v) is 13.0. The van der Waals surface area contributed by atoms with Crippen LogP contribution >= 0.6 is 0 Å². The maximum Gasteiger partial charge on any atom is 0.0698 e. The van der Waals surface area contributed by atoms with Gasteiger partial charge in [-0.05, 0) is 51.6 Å².